The van der Waals surface area contributed by atoms with E-state index in [-0.39, 0.29) is 31.4 Å². The summed E-state index contributed by atoms with van der Waals surface area (Å²) >= 11 is 0. The van der Waals surface area contributed by atoms with Crippen molar-refractivity contribution >= 4 is 17.7 Å². The van der Waals surface area contributed by atoms with Gasteiger partial charge in [-0.05, 0) is 6.92 Å². The zero-order valence-corrected chi connectivity index (χ0v) is 8.37. The molecule has 0 atom stereocenters. The Morgan fingerprint density at radius 2 is 1.50 bits per heavy atom. The molecule has 0 bridgehead atoms. The number of esters is 2. The smallest absolute Gasteiger partial charge is 0.313 e. The SMILES string of the molecule is CCC(=O)OCCOC(=O)CC(C)=O. The standard InChI is InChI=1S/C9H14O5/c1-3-8(11)13-4-5-14-9(12)6-7(2)10/h3-6H2,1-2H3. The molecule has 0 aromatic carbocycles. The normalized spacial score (nSPS) is 9.29. The highest BCUT2D eigenvalue weighted by Crippen LogP contribution is 1.89. The summed E-state index contributed by atoms with van der Waals surface area (Å²) in [5.41, 5.74) is 0. The molecule has 5 heteroatoms. The number of Topliss-reactive ketones (excluding diaryl/α,β-unsaturated/α-hetero) is 1. The van der Waals surface area contributed by atoms with E-state index in [1.807, 2.05) is 0 Å². The van der Waals surface area contributed by atoms with Crippen LogP contribution in [0.3, 0.4) is 0 Å². The summed E-state index contributed by atoms with van der Waals surface area (Å²) in [4.78, 5) is 31.9. The summed E-state index contributed by atoms with van der Waals surface area (Å²) in [6.45, 7) is 3.01. The van der Waals surface area contributed by atoms with E-state index in [0.29, 0.717) is 6.42 Å². The molecule has 80 valence electrons. The molecule has 0 radical (unpaired) electrons. The molecule has 0 aromatic rings. The second kappa shape index (κ2) is 7.06. The van der Waals surface area contributed by atoms with Gasteiger partial charge >= 0.3 is 11.9 Å². The first-order valence-electron chi connectivity index (χ1n) is 4.37. The van der Waals surface area contributed by atoms with Crippen LogP contribution in [0.1, 0.15) is 26.7 Å². The molecule has 0 fully saturated rings. The fourth-order valence-corrected chi connectivity index (χ4v) is 0.667. The lowest BCUT2D eigenvalue weighted by molar-refractivity contribution is -0.153. The van der Waals surface area contributed by atoms with Gasteiger partial charge in [-0.15, -0.1) is 0 Å². The number of carbonyl (C=O) groups is 3. The van der Waals surface area contributed by atoms with Crippen LogP contribution < -0.4 is 0 Å². The Hall–Kier alpha value is -1.39. The number of hydrogen-bond acceptors (Lipinski definition) is 5. The fraction of sp³-hybridized carbons (Fsp3) is 0.667. The molecule has 0 saturated carbocycles. The van der Waals surface area contributed by atoms with Gasteiger partial charge in [-0.1, -0.05) is 6.92 Å². The van der Waals surface area contributed by atoms with E-state index in [4.69, 9.17) is 0 Å². The van der Waals surface area contributed by atoms with Crippen molar-refractivity contribution < 1.29 is 23.9 Å². The van der Waals surface area contributed by atoms with Crippen LogP contribution in [-0.4, -0.2) is 30.9 Å². The van der Waals surface area contributed by atoms with E-state index in [9.17, 15) is 14.4 Å². The van der Waals surface area contributed by atoms with Crippen molar-refractivity contribution in [1.29, 1.82) is 0 Å². The average molecular weight is 202 g/mol. The Balaban J connectivity index is 3.40. The molecule has 0 N–H and O–H groups in total. The van der Waals surface area contributed by atoms with Crippen LogP contribution in [0.5, 0.6) is 0 Å². The molecular weight excluding hydrogens is 188 g/mol. The molecule has 0 saturated heterocycles. The van der Waals surface area contributed by atoms with Crippen molar-refractivity contribution in [2.45, 2.75) is 26.7 Å². The van der Waals surface area contributed by atoms with Crippen LogP contribution in [0.15, 0.2) is 0 Å². The fourth-order valence-electron chi connectivity index (χ4n) is 0.667. The molecule has 0 unspecified atom stereocenters. The summed E-state index contributed by atoms with van der Waals surface area (Å²) < 4.78 is 9.26. The number of carbonyl (C=O) groups excluding carboxylic acids is 3. The van der Waals surface area contributed by atoms with Gasteiger partial charge < -0.3 is 9.47 Å². The number of ketones is 1. The van der Waals surface area contributed by atoms with Gasteiger partial charge in [0.1, 0.15) is 25.4 Å². The van der Waals surface area contributed by atoms with E-state index in [1.165, 1.54) is 6.92 Å². The first kappa shape index (κ1) is 12.6. The van der Waals surface area contributed by atoms with Gasteiger partial charge in [0.2, 0.25) is 0 Å². The molecule has 0 aliphatic rings. The third-order valence-corrected chi connectivity index (χ3v) is 1.29. The van der Waals surface area contributed by atoms with Crippen LogP contribution in [0.4, 0.5) is 0 Å². The Labute approximate surface area is 82.4 Å². The van der Waals surface area contributed by atoms with Crippen molar-refractivity contribution in [1.82, 2.24) is 0 Å². The monoisotopic (exact) mass is 202 g/mol. The molecule has 0 amide bonds. The van der Waals surface area contributed by atoms with Crippen LogP contribution in [0.25, 0.3) is 0 Å². The highest BCUT2D eigenvalue weighted by atomic mass is 16.6. The average Bonchev–Trinajstić information content (AvgIpc) is 2.10. The van der Waals surface area contributed by atoms with E-state index in [2.05, 4.69) is 9.47 Å². The van der Waals surface area contributed by atoms with Gasteiger partial charge in [-0.3, -0.25) is 14.4 Å². The minimum Gasteiger partial charge on any atom is -0.462 e. The molecule has 0 heterocycles. The number of rotatable bonds is 6. The second-order valence-corrected chi connectivity index (χ2v) is 2.67. The third kappa shape index (κ3) is 7.27. The number of ether oxygens (including phenoxy) is 2. The van der Waals surface area contributed by atoms with Gasteiger partial charge in [0, 0.05) is 6.42 Å². The van der Waals surface area contributed by atoms with Crippen molar-refractivity contribution in [2.24, 2.45) is 0 Å². The molecule has 5 nitrogen and oxygen atoms in total. The lowest BCUT2D eigenvalue weighted by Crippen LogP contribution is -2.14. The van der Waals surface area contributed by atoms with Crippen molar-refractivity contribution in [3.05, 3.63) is 0 Å². The molecular formula is C9H14O5. The predicted octanol–water partition coefficient (Wildman–Crippen LogP) is 0.462. The maximum atomic E-state index is 10.8. The highest BCUT2D eigenvalue weighted by Gasteiger charge is 2.06. The van der Waals surface area contributed by atoms with Crippen molar-refractivity contribution in [2.75, 3.05) is 13.2 Å². The summed E-state index contributed by atoms with van der Waals surface area (Å²) in [5.74, 6) is -1.18. The summed E-state index contributed by atoms with van der Waals surface area (Å²) in [5, 5.41) is 0. The lowest BCUT2D eigenvalue weighted by atomic mass is 10.3. The Morgan fingerprint density at radius 3 is 1.93 bits per heavy atom. The largest absolute Gasteiger partial charge is 0.462 e. The van der Waals surface area contributed by atoms with Crippen LogP contribution in [0, 0.1) is 0 Å². The molecule has 0 aromatic heterocycles. The van der Waals surface area contributed by atoms with E-state index >= 15 is 0 Å². The van der Waals surface area contributed by atoms with Gasteiger partial charge in [-0.25, -0.2) is 0 Å². The maximum absolute atomic E-state index is 10.8. The second-order valence-electron chi connectivity index (χ2n) is 2.67. The van der Waals surface area contributed by atoms with Crippen LogP contribution in [0.2, 0.25) is 0 Å². The third-order valence-electron chi connectivity index (χ3n) is 1.29. The molecule has 0 rings (SSSR count). The first-order valence-corrected chi connectivity index (χ1v) is 4.37. The van der Waals surface area contributed by atoms with Crippen molar-refractivity contribution in [3.63, 3.8) is 0 Å². The summed E-state index contributed by atoms with van der Waals surface area (Å²) in [6.07, 6.45) is 0.0586. The van der Waals surface area contributed by atoms with E-state index in [0.717, 1.165) is 0 Å². The van der Waals surface area contributed by atoms with Gasteiger partial charge in [0.25, 0.3) is 0 Å². The Morgan fingerprint density at radius 1 is 1.00 bits per heavy atom. The van der Waals surface area contributed by atoms with Crippen LogP contribution >= 0.6 is 0 Å². The highest BCUT2D eigenvalue weighted by molar-refractivity contribution is 5.94. The van der Waals surface area contributed by atoms with E-state index in [1.54, 1.807) is 6.92 Å². The summed E-state index contributed by atoms with van der Waals surface area (Å²) in [6, 6.07) is 0. The minimum absolute atomic E-state index is 0.00213. The van der Waals surface area contributed by atoms with Gasteiger partial charge in [-0.2, -0.15) is 0 Å². The molecule has 0 aliphatic heterocycles. The topological polar surface area (TPSA) is 69.7 Å². The molecule has 0 aliphatic carbocycles. The molecule has 0 spiro atoms. The zero-order valence-electron chi connectivity index (χ0n) is 8.37. The van der Waals surface area contributed by atoms with Crippen LogP contribution in [-0.2, 0) is 23.9 Å². The first-order chi connectivity index (χ1) is 6.56. The predicted molar refractivity (Wildman–Crippen MR) is 47.5 cm³/mol. The number of hydrogen-bond donors (Lipinski definition) is 0. The van der Waals surface area contributed by atoms with Crippen molar-refractivity contribution in [3.8, 4) is 0 Å². The lowest BCUT2D eigenvalue weighted by Gasteiger charge is -2.04. The minimum atomic E-state index is -0.593. The molecule has 14 heavy (non-hydrogen) atoms. The Bertz CT molecular complexity index is 221. The summed E-state index contributed by atoms with van der Waals surface area (Å²) in [7, 11) is 0. The van der Waals surface area contributed by atoms with E-state index < -0.39 is 5.97 Å². The zero-order chi connectivity index (χ0) is 11.0. The maximum Gasteiger partial charge on any atom is 0.313 e. The Kier molecular flexibility index (Phi) is 6.36. The quantitative estimate of drug-likeness (QED) is 0.355. The van der Waals surface area contributed by atoms with Gasteiger partial charge in [0.05, 0.1) is 0 Å². The van der Waals surface area contributed by atoms with Gasteiger partial charge in [0.15, 0.2) is 0 Å².